The highest BCUT2D eigenvalue weighted by Crippen LogP contribution is 2.29. The van der Waals surface area contributed by atoms with Crippen LogP contribution in [0.25, 0.3) is 0 Å². The SMILES string of the molecule is FC(F)(F)c1cccc(Cn2cnc(NC(=S)Nc3ccc(Cl)c(Cl)c3)n2)c1. The van der Waals surface area contributed by atoms with Gasteiger partial charge < -0.3 is 5.32 Å². The molecular formula is C17H12Cl2F3N5S. The molecule has 3 aromatic rings. The van der Waals surface area contributed by atoms with E-state index >= 15 is 0 Å². The molecule has 0 bridgehead atoms. The molecule has 5 nitrogen and oxygen atoms in total. The number of hydrogen-bond donors (Lipinski definition) is 2. The molecule has 3 rings (SSSR count). The van der Waals surface area contributed by atoms with Crippen molar-refractivity contribution in [2.75, 3.05) is 10.6 Å². The van der Waals surface area contributed by atoms with E-state index in [0.717, 1.165) is 12.1 Å². The Hall–Kier alpha value is -2.36. The maximum absolute atomic E-state index is 12.8. The summed E-state index contributed by atoms with van der Waals surface area (Å²) >= 11 is 17.0. The first-order chi connectivity index (χ1) is 13.2. The molecule has 0 aliphatic heterocycles. The molecule has 0 aliphatic rings. The zero-order valence-electron chi connectivity index (χ0n) is 14.0. The van der Waals surface area contributed by atoms with Crippen molar-refractivity contribution in [2.45, 2.75) is 12.7 Å². The zero-order chi connectivity index (χ0) is 20.3. The van der Waals surface area contributed by atoms with Gasteiger partial charge in [0.25, 0.3) is 0 Å². The van der Waals surface area contributed by atoms with Crippen molar-refractivity contribution in [1.82, 2.24) is 14.8 Å². The van der Waals surface area contributed by atoms with E-state index < -0.39 is 11.7 Å². The van der Waals surface area contributed by atoms with Gasteiger partial charge in [0.15, 0.2) is 5.11 Å². The molecule has 146 valence electrons. The first-order valence-electron chi connectivity index (χ1n) is 7.79. The lowest BCUT2D eigenvalue weighted by Gasteiger charge is -2.09. The largest absolute Gasteiger partial charge is 0.416 e. The van der Waals surface area contributed by atoms with Crippen molar-refractivity contribution < 1.29 is 13.2 Å². The van der Waals surface area contributed by atoms with Crippen LogP contribution in [0.3, 0.4) is 0 Å². The second kappa shape index (κ2) is 8.34. The maximum atomic E-state index is 12.8. The molecular weight excluding hydrogens is 434 g/mol. The molecule has 2 N–H and O–H groups in total. The van der Waals surface area contributed by atoms with E-state index in [-0.39, 0.29) is 17.6 Å². The molecule has 0 aliphatic carbocycles. The lowest BCUT2D eigenvalue weighted by atomic mass is 10.1. The molecule has 0 radical (unpaired) electrons. The Morgan fingerprint density at radius 2 is 1.86 bits per heavy atom. The molecule has 0 amide bonds. The van der Waals surface area contributed by atoms with Gasteiger partial charge in [0.05, 0.1) is 22.2 Å². The normalized spacial score (nSPS) is 11.3. The van der Waals surface area contributed by atoms with E-state index in [1.165, 1.54) is 17.1 Å². The highest BCUT2D eigenvalue weighted by Gasteiger charge is 2.30. The molecule has 1 aromatic heterocycles. The van der Waals surface area contributed by atoms with Crippen LogP contribution in [-0.2, 0) is 12.7 Å². The van der Waals surface area contributed by atoms with Crippen molar-refractivity contribution >= 4 is 52.2 Å². The number of aromatic nitrogens is 3. The average Bonchev–Trinajstić information content (AvgIpc) is 3.04. The Bertz CT molecular complexity index is 1010. The van der Waals surface area contributed by atoms with Crippen LogP contribution in [0.1, 0.15) is 11.1 Å². The number of nitrogens with one attached hydrogen (secondary N) is 2. The van der Waals surface area contributed by atoms with E-state index in [4.69, 9.17) is 35.4 Å². The van der Waals surface area contributed by atoms with Crippen molar-refractivity contribution in [3.05, 3.63) is 70.0 Å². The molecule has 0 fully saturated rings. The monoisotopic (exact) mass is 445 g/mol. The van der Waals surface area contributed by atoms with Crippen LogP contribution in [0.5, 0.6) is 0 Å². The highest BCUT2D eigenvalue weighted by molar-refractivity contribution is 7.80. The zero-order valence-corrected chi connectivity index (χ0v) is 16.3. The molecule has 2 aromatic carbocycles. The minimum Gasteiger partial charge on any atom is -0.332 e. The van der Waals surface area contributed by atoms with Crippen LogP contribution in [0, 0.1) is 0 Å². The summed E-state index contributed by atoms with van der Waals surface area (Å²) < 4.78 is 39.8. The number of alkyl halides is 3. The molecule has 0 saturated heterocycles. The van der Waals surface area contributed by atoms with Gasteiger partial charge in [-0.15, -0.1) is 5.10 Å². The van der Waals surface area contributed by atoms with Crippen LogP contribution < -0.4 is 10.6 Å². The number of rotatable bonds is 4. The third kappa shape index (κ3) is 5.34. The van der Waals surface area contributed by atoms with Gasteiger partial charge >= 0.3 is 6.18 Å². The summed E-state index contributed by atoms with van der Waals surface area (Å²) in [7, 11) is 0. The third-order valence-corrected chi connectivity index (χ3v) is 4.48. The van der Waals surface area contributed by atoms with Gasteiger partial charge in [-0.05, 0) is 48.1 Å². The number of benzene rings is 2. The lowest BCUT2D eigenvalue weighted by molar-refractivity contribution is -0.137. The second-order valence-electron chi connectivity index (χ2n) is 5.67. The summed E-state index contributed by atoms with van der Waals surface area (Å²) in [5.41, 5.74) is 0.355. The Balaban J connectivity index is 1.62. The minimum atomic E-state index is -4.40. The summed E-state index contributed by atoms with van der Waals surface area (Å²) in [5.74, 6) is 0.199. The fourth-order valence-electron chi connectivity index (χ4n) is 2.30. The Morgan fingerprint density at radius 3 is 2.57 bits per heavy atom. The van der Waals surface area contributed by atoms with Crippen molar-refractivity contribution in [2.24, 2.45) is 0 Å². The fraction of sp³-hybridized carbons (Fsp3) is 0.118. The van der Waals surface area contributed by atoms with Crippen LogP contribution in [0.2, 0.25) is 10.0 Å². The van der Waals surface area contributed by atoms with Crippen LogP contribution >= 0.6 is 35.4 Å². The summed E-state index contributed by atoms with van der Waals surface area (Å²) in [6.45, 7) is 0.131. The summed E-state index contributed by atoms with van der Waals surface area (Å²) in [6, 6.07) is 9.96. The van der Waals surface area contributed by atoms with Crippen molar-refractivity contribution in [1.29, 1.82) is 0 Å². The van der Waals surface area contributed by atoms with Gasteiger partial charge in [0.1, 0.15) is 6.33 Å². The van der Waals surface area contributed by atoms with Crippen molar-refractivity contribution in [3.63, 3.8) is 0 Å². The first-order valence-corrected chi connectivity index (χ1v) is 8.96. The summed E-state index contributed by atoms with van der Waals surface area (Å²) in [5, 5.41) is 10.8. The maximum Gasteiger partial charge on any atom is 0.416 e. The number of hydrogen-bond acceptors (Lipinski definition) is 3. The molecule has 1 heterocycles. The molecule has 28 heavy (non-hydrogen) atoms. The third-order valence-electron chi connectivity index (χ3n) is 3.54. The Kier molecular flexibility index (Phi) is 6.07. The van der Waals surface area contributed by atoms with E-state index in [2.05, 4.69) is 20.7 Å². The van der Waals surface area contributed by atoms with Crippen molar-refractivity contribution in [3.8, 4) is 0 Å². The van der Waals surface area contributed by atoms with E-state index in [1.54, 1.807) is 24.3 Å². The molecule has 0 saturated carbocycles. The number of anilines is 2. The summed E-state index contributed by atoms with van der Waals surface area (Å²) in [6.07, 6.45) is -3.00. The number of nitrogens with zero attached hydrogens (tertiary/aromatic N) is 3. The smallest absolute Gasteiger partial charge is 0.332 e. The molecule has 0 unspecified atom stereocenters. The fourth-order valence-corrected chi connectivity index (χ4v) is 2.81. The molecule has 0 spiro atoms. The van der Waals surface area contributed by atoms with Crippen LogP contribution in [0.4, 0.5) is 24.8 Å². The standard InChI is InChI=1S/C17H12Cl2F3N5S/c18-13-5-4-12(7-14(13)19)24-16(28)25-15-23-9-27(26-15)8-10-2-1-3-11(6-10)17(20,21)22/h1-7,9H,8H2,(H2,24,25,26,28). The lowest BCUT2D eigenvalue weighted by Crippen LogP contribution is -2.20. The van der Waals surface area contributed by atoms with Crippen LogP contribution in [-0.4, -0.2) is 19.9 Å². The second-order valence-corrected chi connectivity index (χ2v) is 6.89. The van der Waals surface area contributed by atoms with Gasteiger partial charge in [0.2, 0.25) is 5.95 Å². The Labute approximate surface area is 173 Å². The van der Waals surface area contributed by atoms with Gasteiger partial charge in [-0.25, -0.2) is 9.67 Å². The predicted octanol–water partition coefficient (Wildman–Crippen LogP) is 5.46. The summed E-state index contributed by atoms with van der Waals surface area (Å²) in [4.78, 5) is 4.04. The number of thiocarbonyl (C=S) groups is 1. The predicted molar refractivity (Wildman–Crippen MR) is 107 cm³/mol. The highest BCUT2D eigenvalue weighted by atomic mass is 35.5. The molecule has 11 heteroatoms. The van der Waals surface area contributed by atoms with E-state index in [0.29, 0.717) is 21.3 Å². The van der Waals surface area contributed by atoms with Gasteiger partial charge in [0, 0.05) is 5.69 Å². The average molecular weight is 446 g/mol. The Morgan fingerprint density at radius 1 is 1.07 bits per heavy atom. The minimum absolute atomic E-state index is 0.131. The first kappa shape index (κ1) is 20.4. The van der Waals surface area contributed by atoms with E-state index in [9.17, 15) is 13.2 Å². The number of halogens is 5. The topological polar surface area (TPSA) is 54.8 Å². The molecule has 0 atom stereocenters. The quantitative estimate of drug-likeness (QED) is 0.522. The van der Waals surface area contributed by atoms with Crippen LogP contribution in [0.15, 0.2) is 48.8 Å². The van der Waals surface area contributed by atoms with E-state index in [1.807, 2.05) is 0 Å². The van der Waals surface area contributed by atoms with Gasteiger partial charge in [-0.1, -0.05) is 35.3 Å². The van der Waals surface area contributed by atoms with Gasteiger partial charge in [-0.2, -0.15) is 13.2 Å². The van der Waals surface area contributed by atoms with Gasteiger partial charge in [-0.3, -0.25) is 5.32 Å².